The van der Waals surface area contributed by atoms with Crippen LogP contribution in [0.2, 0.25) is 0 Å². The molecule has 8 nitrogen and oxygen atoms in total. The molecule has 2 aromatic rings. The zero-order chi connectivity index (χ0) is 16.7. The molecule has 120 valence electrons. The lowest BCUT2D eigenvalue weighted by Crippen LogP contribution is -2.19. The minimum atomic E-state index is -0.343. The van der Waals surface area contributed by atoms with E-state index < -0.39 is 0 Å². The van der Waals surface area contributed by atoms with Crippen LogP contribution >= 0.6 is 11.3 Å². The number of carbonyl (C=O) groups excluding carboxylic acids is 2. The first-order valence-electron chi connectivity index (χ1n) is 6.80. The molecule has 0 saturated heterocycles. The van der Waals surface area contributed by atoms with Crippen molar-refractivity contribution in [2.75, 3.05) is 5.32 Å². The molecular weight excluding hydrogens is 318 g/mol. The molecule has 1 aromatic heterocycles. The first-order valence-corrected chi connectivity index (χ1v) is 7.61. The van der Waals surface area contributed by atoms with Gasteiger partial charge in [-0.25, -0.2) is 5.43 Å². The molecular formula is C14H15N5O3S. The summed E-state index contributed by atoms with van der Waals surface area (Å²) in [6.45, 7) is 1.73. The van der Waals surface area contributed by atoms with Gasteiger partial charge in [0, 0.05) is 6.42 Å². The van der Waals surface area contributed by atoms with Gasteiger partial charge >= 0.3 is 0 Å². The third-order valence-corrected chi connectivity index (χ3v) is 3.48. The van der Waals surface area contributed by atoms with Crippen molar-refractivity contribution >= 4 is 34.5 Å². The number of hydrazone groups is 1. The van der Waals surface area contributed by atoms with Crippen molar-refractivity contribution in [1.82, 2.24) is 15.6 Å². The average molecular weight is 333 g/mol. The Labute approximate surface area is 136 Å². The third kappa shape index (κ3) is 5.47. The smallest absolute Gasteiger partial charge is 0.247 e. The van der Waals surface area contributed by atoms with Gasteiger partial charge in [-0.3, -0.25) is 9.59 Å². The van der Waals surface area contributed by atoms with Gasteiger partial charge in [-0.15, -0.1) is 10.2 Å². The summed E-state index contributed by atoms with van der Waals surface area (Å²) in [6, 6.07) is 6.38. The molecule has 2 rings (SSSR count). The number of anilines is 1. The maximum absolute atomic E-state index is 11.7. The Morgan fingerprint density at radius 2 is 2.00 bits per heavy atom. The largest absolute Gasteiger partial charge is 0.508 e. The number of carbonyl (C=O) groups is 2. The van der Waals surface area contributed by atoms with E-state index in [0.29, 0.717) is 16.6 Å². The van der Waals surface area contributed by atoms with Crippen LogP contribution in [0, 0.1) is 0 Å². The van der Waals surface area contributed by atoms with E-state index in [9.17, 15) is 9.59 Å². The normalized spacial score (nSPS) is 10.7. The van der Waals surface area contributed by atoms with Crippen molar-refractivity contribution in [1.29, 1.82) is 0 Å². The van der Waals surface area contributed by atoms with Crippen molar-refractivity contribution < 1.29 is 14.7 Å². The number of aromatic nitrogens is 2. The Morgan fingerprint density at radius 3 is 2.70 bits per heavy atom. The monoisotopic (exact) mass is 333 g/mol. The second-order valence-corrected chi connectivity index (χ2v) is 5.53. The standard InChI is InChI=1S/C14H15N5O3S/c1-2-11(21)16-14-19-18-13(23-14)7-12(22)17-15-8-9-3-5-10(20)6-4-9/h3-6,8,20H,2,7H2,1H3,(H,17,22)(H,16,19,21)/b15-8+. The van der Waals surface area contributed by atoms with Crippen molar-refractivity contribution in [3.05, 3.63) is 34.8 Å². The summed E-state index contributed by atoms with van der Waals surface area (Å²) in [7, 11) is 0. The lowest BCUT2D eigenvalue weighted by molar-refractivity contribution is -0.120. The van der Waals surface area contributed by atoms with Crippen LogP contribution in [-0.2, 0) is 16.0 Å². The lowest BCUT2D eigenvalue weighted by Gasteiger charge is -1.97. The summed E-state index contributed by atoms with van der Waals surface area (Å²) in [5, 5.41) is 24.0. The summed E-state index contributed by atoms with van der Waals surface area (Å²) in [6.07, 6.45) is 1.83. The third-order valence-electron chi connectivity index (χ3n) is 2.64. The number of hydrogen-bond donors (Lipinski definition) is 3. The fraction of sp³-hybridized carbons (Fsp3) is 0.214. The van der Waals surface area contributed by atoms with Crippen LogP contribution in [0.1, 0.15) is 23.9 Å². The molecule has 0 aliphatic carbocycles. The van der Waals surface area contributed by atoms with E-state index in [-0.39, 0.29) is 24.0 Å². The van der Waals surface area contributed by atoms with E-state index in [1.165, 1.54) is 18.3 Å². The molecule has 23 heavy (non-hydrogen) atoms. The number of phenols is 1. The summed E-state index contributed by atoms with van der Waals surface area (Å²) in [4.78, 5) is 23.0. The number of rotatable bonds is 6. The van der Waals surface area contributed by atoms with E-state index in [4.69, 9.17) is 5.11 Å². The fourth-order valence-electron chi connectivity index (χ4n) is 1.50. The zero-order valence-electron chi connectivity index (χ0n) is 12.3. The van der Waals surface area contributed by atoms with Crippen LogP contribution in [0.3, 0.4) is 0 Å². The first kappa shape index (κ1) is 16.6. The highest BCUT2D eigenvalue weighted by Crippen LogP contribution is 2.15. The number of nitrogens with one attached hydrogen (secondary N) is 2. The zero-order valence-corrected chi connectivity index (χ0v) is 13.1. The molecule has 0 aliphatic heterocycles. The van der Waals surface area contributed by atoms with Crippen molar-refractivity contribution in [2.24, 2.45) is 5.10 Å². The van der Waals surface area contributed by atoms with Crippen LogP contribution in [0.25, 0.3) is 0 Å². The highest BCUT2D eigenvalue weighted by molar-refractivity contribution is 7.15. The van der Waals surface area contributed by atoms with Crippen molar-refractivity contribution in [3.63, 3.8) is 0 Å². The predicted octanol–water partition coefficient (Wildman–Crippen LogP) is 1.28. The molecule has 2 amide bonds. The van der Waals surface area contributed by atoms with Crippen molar-refractivity contribution in [3.8, 4) is 5.75 Å². The SMILES string of the molecule is CCC(=O)Nc1nnc(CC(=O)N/N=C/c2ccc(O)cc2)s1. The number of nitrogens with zero attached hydrogens (tertiary/aromatic N) is 3. The predicted molar refractivity (Wildman–Crippen MR) is 86.4 cm³/mol. The van der Waals surface area contributed by atoms with Gasteiger partial charge < -0.3 is 10.4 Å². The van der Waals surface area contributed by atoms with E-state index in [0.717, 1.165) is 16.9 Å². The molecule has 9 heteroatoms. The fourth-order valence-corrected chi connectivity index (χ4v) is 2.25. The maximum Gasteiger partial charge on any atom is 0.247 e. The summed E-state index contributed by atoms with van der Waals surface area (Å²) < 4.78 is 0. The Bertz CT molecular complexity index is 711. The molecule has 3 N–H and O–H groups in total. The summed E-state index contributed by atoms with van der Waals surface area (Å²) in [5.74, 6) is -0.339. The van der Waals surface area contributed by atoms with Gasteiger partial charge in [-0.1, -0.05) is 18.3 Å². The molecule has 0 atom stereocenters. The van der Waals surface area contributed by atoms with E-state index in [1.54, 1.807) is 19.1 Å². The Kier molecular flexibility index (Phi) is 5.75. The highest BCUT2D eigenvalue weighted by Gasteiger charge is 2.10. The molecule has 1 heterocycles. The number of hydrogen-bond acceptors (Lipinski definition) is 7. The van der Waals surface area contributed by atoms with Crippen LogP contribution in [-0.4, -0.2) is 33.3 Å². The molecule has 0 radical (unpaired) electrons. The summed E-state index contributed by atoms with van der Waals surface area (Å²) in [5.41, 5.74) is 3.11. The van der Waals surface area contributed by atoms with Crippen LogP contribution in [0.4, 0.5) is 5.13 Å². The Hall–Kier alpha value is -2.81. The van der Waals surface area contributed by atoms with E-state index in [2.05, 4.69) is 26.0 Å². The molecule has 0 spiro atoms. The minimum absolute atomic E-state index is 0.0204. The van der Waals surface area contributed by atoms with Gasteiger partial charge in [-0.2, -0.15) is 5.10 Å². The van der Waals surface area contributed by atoms with Crippen molar-refractivity contribution in [2.45, 2.75) is 19.8 Å². The molecule has 0 bridgehead atoms. The van der Waals surface area contributed by atoms with Gasteiger partial charge in [0.05, 0.1) is 12.6 Å². The Balaban J connectivity index is 1.82. The molecule has 0 unspecified atom stereocenters. The maximum atomic E-state index is 11.7. The second-order valence-electron chi connectivity index (χ2n) is 4.46. The topological polar surface area (TPSA) is 117 Å². The first-order chi connectivity index (χ1) is 11.1. The van der Waals surface area contributed by atoms with E-state index >= 15 is 0 Å². The number of aromatic hydroxyl groups is 1. The van der Waals surface area contributed by atoms with Crippen LogP contribution in [0.5, 0.6) is 5.75 Å². The second kappa shape index (κ2) is 7.99. The van der Waals surface area contributed by atoms with Gasteiger partial charge in [0.25, 0.3) is 0 Å². The lowest BCUT2D eigenvalue weighted by atomic mass is 10.2. The highest BCUT2D eigenvalue weighted by atomic mass is 32.1. The molecule has 0 aliphatic rings. The number of benzene rings is 1. The molecule has 0 saturated carbocycles. The Morgan fingerprint density at radius 1 is 1.26 bits per heavy atom. The molecule has 1 aromatic carbocycles. The number of phenolic OH excluding ortho intramolecular Hbond substituents is 1. The van der Waals surface area contributed by atoms with Gasteiger partial charge in [-0.05, 0) is 29.8 Å². The van der Waals surface area contributed by atoms with E-state index in [1.807, 2.05) is 0 Å². The van der Waals surface area contributed by atoms with Gasteiger partial charge in [0.2, 0.25) is 16.9 Å². The van der Waals surface area contributed by atoms with Gasteiger partial charge in [0.1, 0.15) is 10.8 Å². The summed E-state index contributed by atoms with van der Waals surface area (Å²) >= 11 is 1.14. The quantitative estimate of drug-likeness (QED) is 0.544. The average Bonchev–Trinajstić information content (AvgIpc) is 2.96. The minimum Gasteiger partial charge on any atom is -0.508 e. The van der Waals surface area contributed by atoms with Crippen LogP contribution < -0.4 is 10.7 Å². The van der Waals surface area contributed by atoms with Crippen LogP contribution in [0.15, 0.2) is 29.4 Å². The number of amides is 2. The molecule has 0 fully saturated rings. The van der Waals surface area contributed by atoms with Gasteiger partial charge in [0.15, 0.2) is 0 Å².